The molecule has 9 rings (SSSR count). The smallest absolute Gasteiger partial charge is 0.0811 e. The molecule has 4 aliphatic carbocycles. The van der Waals surface area contributed by atoms with Gasteiger partial charge in [0, 0.05) is 22.8 Å². The van der Waals surface area contributed by atoms with Gasteiger partial charge in [0.1, 0.15) is 0 Å². The maximum Gasteiger partial charge on any atom is 0.0811 e. The Bertz CT molecular complexity index is 2950. The first kappa shape index (κ1) is 58.1. The summed E-state index contributed by atoms with van der Waals surface area (Å²) in [5.41, 5.74) is 20.0. The van der Waals surface area contributed by atoms with E-state index in [0.29, 0.717) is 6.04 Å². The second kappa shape index (κ2) is 21.3. The Kier molecular flexibility index (Phi) is 16.5. The maximum atomic E-state index is 2.81. The fraction of sp³-hybridized carbons (Fsp3) is 0.465. The highest BCUT2D eigenvalue weighted by Gasteiger charge is 2.55. The van der Waals surface area contributed by atoms with E-state index in [1.54, 1.807) is 11.1 Å². The number of anilines is 3. The number of benzene rings is 5. The molecule has 4 aliphatic rings. The van der Waals surface area contributed by atoms with E-state index in [0.717, 1.165) is 25.7 Å². The van der Waals surface area contributed by atoms with E-state index in [9.17, 15) is 0 Å². The van der Waals surface area contributed by atoms with E-state index in [4.69, 9.17) is 0 Å². The van der Waals surface area contributed by atoms with Gasteiger partial charge in [-0.2, -0.15) is 0 Å². The zero-order valence-electron chi connectivity index (χ0n) is 50.9. The van der Waals surface area contributed by atoms with Crippen molar-refractivity contribution in [3.05, 3.63) is 178 Å². The Morgan fingerprint density at radius 2 is 1.01 bits per heavy atom. The Balaban J connectivity index is 0.00000200. The van der Waals surface area contributed by atoms with E-state index >= 15 is 0 Å². The summed E-state index contributed by atoms with van der Waals surface area (Å²) in [4.78, 5) is 5.27. The predicted molar refractivity (Wildman–Crippen MR) is 344 cm³/mol. The Hall–Kier alpha value is -4.64. The second-order valence-corrected chi connectivity index (χ2v) is 35.8. The Labute approximate surface area is 461 Å². The number of hydrogen-bond acceptors (Lipinski definition) is 2. The fourth-order valence-electron chi connectivity index (χ4n) is 12.5. The van der Waals surface area contributed by atoms with Crippen molar-refractivity contribution in [2.75, 3.05) is 42.4 Å². The fourth-order valence-corrected chi connectivity index (χ4v) is 21.8. The molecule has 75 heavy (non-hydrogen) atoms. The second-order valence-electron chi connectivity index (χ2n) is 27.0. The third kappa shape index (κ3) is 11.2. The SMILES string of the molecule is CC.CC.CC(C)(C)C1=CCC(N(C2=CC=C(C(C)(C)C)CC2)C2C=Cc3cc4c(cc3C2)C(S(C)(C)C)(S(C)(C)C)c2cc3cc(N(c5ccc(C(C)(C)C)cc5)c5ccc(C(C)(C)C)cc5)ccc3cc2-4)C=C1. The standard InChI is InChI=1S/C67H86N2S2.2C2H6/c1-63(2,3)49-21-31-53(32-22-49)68(54-33-23-50(24-34-54)64(4,5)6)57-29-19-45-41-59-60-42-46-20-30-58(40-48(46)44-62(60)67(70(13,14)15,71(16,17)18)61(59)43-47(45)39-57)69(55-35-25-51(26-36-55)65(7,8)9)56-37-27-52(28-38-56)66(10,11)12;2*1-2/h19-27,29-35,37,39,41-44,55,58H,28,36,38,40H2,1-18H3;2*1-2H3. The lowest BCUT2D eigenvalue weighted by atomic mass is 9.80. The lowest BCUT2D eigenvalue weighted by Crippen LogP contribution is -2.43. The molecule has 0 aromatic heterocycles. The molecule has 0 N–H and O–H groups in total. The number of hydrogen-bond donors (Lipinski definition) is 0. The molecular formula is C71H98N2S2. The van der Waals surface area contributed by atoms with Gasteiger partial charge in [-0.15, -0.1) is 0 Å². The number of nitrogens with zero attached hydrogens (tertiary/aromatic N) is 2. The summed E-state index contributed by atoms with van der Waals surface area (Å²) in [6.45, 7) is 35.9. The summed E-state index contributed by atoms with van der Waals surface area (Å²) < 4.78 is -0.0915. The molecule has 0 saturated heterocycles. The minimum Gasteiger partial charge on any atom is -0.361 e. The van der Waals surface area contributed by atoms with Crippen LogP contribution in [0.1, 0.15) is 163 Å². The quantitative estimate of drug-likeness (QED) is 0.153. The molecule has 2 nitrogen and oxygen atoms in total. The van der Waals surface area contributed by atoms with Crippen molar-refractivity contribution in [2.45, 2.75) is 163 Å². The van der Waals surface area contributed by atoms with Crippen LogP contribution in [0.3, 0.4) is 0 Å². The summed E-state index contributed by atoms with van der Waals surface area (Å²) in [5, 5.41) is 2.60. The molecule has 4 heteroatoms. The van der Waals surface area contributed by atoms with Crippen LogP contribution in [0.5, 0.6) is 0 Å². The van der Waals surface area contributed by atoms with Gasteiger partial charge < -0.3 is 9.80 Å². The summed E-state index contributed by atoms with van der Waals surface area (Å²) in [5.74, 6) is 0. The van der Waals surface area contributed by atoms with Crippen molar-refractivity contribution in [3.8, 4) is 11.1 Å². The molecule has 0 aliphatic heterocycles. The minimum absolute atomic E-state index is 0.0786. The van der Waals surface area contributed by atoms with Gasteiger partial charge in [-0.1, -0.05) is 189 Å². The van der Waals surface area contributed by atoms with Gasteiger partial charge in [0.2, 0.25) is 0 Å². The van der Waals surface area contributed by atoms with Crippen LogP contribution in [-0.2, 0) is 21.3 Å². The summed E-state index contributed by atoms with van der Waals surface area (Å²) in [7, 11) is -2.44. The topological polar surface area (TPSA) is 6.48 Å². The third-order valence-corrected chi connectivity index (χ3v) is 23.5. The first-order valence-electron chi connectivity index (χ1n) is 28.4. The van der Waals surface area contributed by atoms with Crippen LogP contribution in [0.15, 0.2) is 144 Å². The first-order chi connectivity index (χ1) is 35.0. The van der Waals surface area contributed by atoms with Gasteiger partial charge in [0.25, 0.3) is 0 Å². The Morgan fingerprint density at radius 3 is 1.48 bits per heavy atom. The molecule has 0 radical (unpaired) electrons. The van der Waals surface area contributed by atoms with Crippen LogP contribution in [0, 0.1) is 10.8 Å². The molecule has 5 aromatic carbocycles. The average molecular weight is 1040 g/mol. The summed E-state index contributed by atoms with van der Waals surface area (Å²) >= 11 is 0. The number of fused-ring (bicyclic) bond motifs is 5. The van der Waals surface area contributed by atoms with Crippen LogP contribution in [0.2, 0.25) is 0 Å². The number of rotatable bonds is 8. The molecule has 0 saturated carbocycles. The first-order valence-corrected chi connectivity index (χ1v) is 34.1. The lowest BCUT2D eigenvalue weighted by molar-refractivity contribution is 0.232. The van der Waals surface area contributed by atoms with Gasteiger partial charge in [-0.3, -0.25) is 0 Å². The monoisotopic (exact) mass is 1040 g/mol. The van der Waals surface area contributed by atoms with Gasteiger partial charge in [0.15, 0.2) is 0 Å². The molecule has 2 atom stereocenters. The highest BCUT2D eigenvalue weighted by molar-refractivity contribution is 8.48. The average Bonchev–Trinajstić information content (AvgIpc) is 3.63. The summed E-state index contributed by atoms with van der Waals surface area (Å²) in [6.07, 6.45) is 37.3. The van der Waals surface area contributed by atoms with Gasteiger partial charge in [-0.25, -0.2) is 20.1 Å². The molecule has 0 heterocycles. The lowest BCUT2D eigenvalue weighted by Gasteiger charge is -2.58. The van der Waals surface area contributed by atoms with E-state index < -0.39 is 20.1 Å². The van der Waals surface area contributed by atoms with Crippen LogP contribution < -0.4 is 4.90 Å². The molecule has 0 amide bonds. The van der Waals surface area contributed by atoms with Crippen molar-refractivity contribution >= 4 is 54.0 Å². The molecule has 0 spiro atoms. The highest BCUT2D eigenvalue weighted by Crippen LogP contribution is 2.80. The molecule has 0 bridgehead atoms. The predicted octanol–water partition coefficient (Wildman–Crippen LogP) is 20.7. The normalized spacial score (nSPS) is 18.7. The van der Waals surface area contributed by atoms with Gasteiger partial charge in [0.05, 0.1) is 16.2 Å². The van der Waals surface area contributed by atoms with Crippen LogP contribution in [0.25, 0.3) is 28.0 Å². The largest absolute Gasteiger partial charge is 0.361 e. The van der Waals surface area contributed by atoms with Crippen LogP contribution in [0.4, 0.5) is 17.1 Å². The van der Waals surface area contributed by atoms with E-state index in [2.05, 4.69) is 264 Å². The molecule has 2 unspecified atom stereocenters. The van der Waals surface area contributed by atoms with E-state index in [1.807, 2.05) is 27.7 Å². The maximum absolute atomic E-state index is 2.81. The number of allylic oxidation sites excluding steroid dienone is 6. The van der Waals surface area contributed by atoms with Crippen molar-refractivity contribution < 1.29 is 0 Å². The minimum atomic E-state index is -1.22. The Morgan fingerprint density at radius 1 is 0.493 bits per heavy atom. The molecule has 0 fully saturated rings. The molecule has 5 aromatic rings. The van der Waals surface area contributed by atoms with Crippen molar-refractivity contribution in [3.63, 3.8) is 0 Å². The van der Waals surface area contributed by atoms with Crippen LogP contribution in [-0.4, -0.2) is 54.5 Å². The third-order valence-electron chi connectivity index (χ3n) is 16.2. The zero-order valence-corrected chi connectivity index (χ0v) is 52.5. The van der Waals surface area contributed by atoms with Gasteiger partial charge >= 0.3 is 0 Å². The molecular weight excluding hydrogens is 945 g/mol. The van der Waals surface area contributed by atoms with Crippen molar-refractivity contribution in [1.82, 2.24) is 4.90 Å². The zero-order chi connectivity index (χ0) is 55.4. The van der Waals surface area contributed by atoms with Crippen molar-refractivity contribution in [2.24, 2.45) is 10.8 Å². The van der Waals surface area contributed by atoms with E-state index in [-0.39, 0.29) is 31.8 Å². The molecule has 404 valence electrons. The van der Waals surface area contributed by atoms with E-state index in [1.165, 1.54) is 78.0 Å². The van der Waals surface area contributed by atoms with Crippen molar-refractivity contribution in [1.29, 1.82) is 0 Å². The van der Waals surface area contributed by atoms with Gasteiger partial charge in [-0.05, 0) is 206 Å². The van der Waals surface area contributed by atoms with Crippen LogP contribution >= 0.6 is 20.1 Å². The highest BCUT2D eigenvalue weighted by atomic mass is 32.3. The summed E-state index contributed by atoms with van der Waals surface area (Å²) in [6, 6.07) is 36.8.